The predicted octanol–water partition coefficient (Wildman–Crippen LogP) is 2.89. The van der Waals surface area contributed by atoms with Crippen LogP contribution >= 0.6 is 23.2 Å². The van der Waals surface area contributed by atoms with Gasteiger partial charge in [-0.25, -0.2) is 18.2 Å². The number of carbonyl (C=O) groups is 1. The Labute approximate surface area is 130 Å². The molecular weight excluding hydrogens is 339 g/mol. The number of halogens is 2. The van der Waals surface area contributed by atoms with Crippen LogP contribution < -0.4 is 4.72 Å². The number of sulfonamides is 1. The van der Waals surface area contributed by atoms with Crippen LogP contribution in [0.1, 0.15) is 10.4 Å². The third-order valence-electron chi connectivity index (χ3n) is 2.44. The fraction of sp³-hybridized carbons (Fsp3) is 0. The first-order chi connectivity index (χ1) is 9.79. The summed E-state index contributed by atoms with van der Waals surface area (Å²) in [6, 6.07) is 6.18. The van der Waals surface area contributed by atoms with Crippen molar-refractivity contribution in [1.29, 1.82) is 0 Å². The monoisotopic (exact) mass is 346 g/mol. The summed E-state index contributed by atoms with van der Waals surface area (Å²) in [5.41, 5.74) is -0.307. The van der Waals surface area contributed by atoms with Crippen molar-refractivity contribution in [2.45, 2.75) is 4.90 Å². The lowest BCUT2D eigenvalue weighted by atomic mass is 10.2. The number of rotatable bonds is 4. The number of pyridine rings is 1. The lowest BCUT2D eigenvalue weighted by Gasteiger charge is -2.08. The van der Waals surface area contributed by atoms with Crippen molar-refractivity contribution in [3.05, 3.63) is 52.1 Å². The average Bonchev–Trinajstić information content (AvgIpc) is 2.38. The number of benzene rings is 1. The largest absolute Gasteiger partial charge is 0.478 e. The summed E-state index contributed by atoms with van der Waals surface area (Å²) < 4.78 is 26.5. The summed E-state index contributed by atoms with van der Waals surface area (Å²) in [5.74, 6) is -1.30. The Morgan fingerprint density at radius 2 is 1.90 bits per heavy atom. The van der Waals surface area contributed by atoms with E-state index in [1.165, 1.54) is 30.5 Å². The summed E-state index contributed by atoms with van der Waals surface area (Å²) in [6.07, 6.45) is 1.34. The number of nitrogens with one attached hydrogen (secondary N) is 1. The first kappa shape index (κ1) is 15.6. The Kier molecular flexibility index (Phi) is 4.36. The van der Waals surface area contributed by atoms with Gasteiger partial charge in [0.05, 0.1) is 15.5 Å². The molecule has 0 atom stereocenters. The van der Waals surface area contributed by atoms with E-state index in [1.807, 2.05) is 0 Å². The lowest BCUT2D eigenvalue weighted by Crippen LogP contribution is -2.14. The van der Waals surface area contributed by atoms with E-state index in [0.29, 0.717) is 5.02 Å². The van der Waals surface area contributed by atoms with Gasteiger partial charge in [0.15, 0.2) is 0 Å². The van der Waals surface area contributed by atoms with Crippen LogP contribution in [0.4, 0.5) is 5.82 Å². The molecule has 2 N–H and O–H groups in total. The predicted molar refractivity (Wildman–Crippen MR) is 78.5 cm³/mol. The summed E-state index contributed by atoms with van der Waals surface area (Å²) >= 11 is 11.4. The molecular formula is C12H8Cl2N2O4S. The van der Waals surface area contributed by atoms with Crippen LogP contribution in [0.5, 0.6) is 0 Å². The molecule has 1 heterocycles. The number of nitrogens with zero attached hydrogens (tertiary/aromatic N) is 1. The first-order valence-corrected chi connectivity index (χ1v) is 7.71. The average molecular weight is 347 g/mol. The van der Waals surface area contributed by atoms with E-state index in [4.69, 9.17) is 28.3 Å². The minimum absolute atomic E-state index is 0.0225. The zero-order valence-corrected chi connectivity index (χ0v) is 12.6. The van der Waals surface area contributed by atoms with Gasteiger partial charge in [-0.15, -0.1) is 0 Å². The van der Waals surface area contributed by atoms with Gasteiger partial charge < -0.3 is 5.11 Å². The SMILES string of the molecule is O=C(O)c1cc(S(=O)(=O)Nc2cc(Cl)ccn2)ccc1Cl. The molecule has 1 aromatic carbocycles. The number of hydrogen-bond donors (Lipinski definition) is 2. The van der Waals surface area contributed by atoms with Gasteiger partial charge in [-0.2, -0.15) is 0 Å². The first-order valence-electron chi connectivity index (χ1n) is 5.47. The van der Waals surface area contributed by atoms with Crippen LogP contribution in [0.2, 0.25) is 10.0 Å². The molecule has 2 rings (SSSR count). The number of hydrogen-bond acceptors (Lipinski definition) is 4. The normalized spacial score (nSPS) is 11.1. The van der Waals surface area contributed by atoms with Gasteiger partial charge in [0.1, 0.15) is 5.82 Å². The smallest absolute Gasteiger partial charge is 0.337 e. The maximum absolute atomic E-state index is 12.2. The Morgan fingerprint density at radius 3 is 2.52 bits per heavy atom. The van der Waals surface area contributed by atoms with Crippen LogP contribution in [0.25, 0.3) is 0 Å². The van der Waals surface area contributed by atoms with Gasteiger partial charge in [0, 0.05) is 17.3 Å². The van der Waals surface area contributed by atoms with Crippen LogP contribution in [0.3, 0.4) is 0 Å². The van der Waals surface area contributed by atoms with Crippen molar-refractivity contribution in [3.8, 4) is 0 Å². The van der Waals surface area contributed by atoms with Crippen LogP contribution in [-0.4, -0.2) is 24.5 Å². The zero-order valence-electron chi connectivity index (χ0n) is 10.2. The van der Waals surface area contributed by atoms with Gasteiger partial charge in [-0.1, -0.05) is 23.2 Å². The summed E-state index contributed by atoms with van der Waals surface area (Å²) in [5, 5.41) is 9.21. The Morgan fingerprint density at radius 1 is 1.19 bits per heavy atom. The quantitative estimate of drug-likeness (QED) is 0.887. The highest BCUT2D eigenvalue weighted by molar-refractivity contribution is 7.92. The summed E-state index contributed by atoms with van der Waals surface area (Å²) in [6.45, 7) is 0. The van der Waals surface area contributed by atoms with Gasteiger partial charge >= 0.3 is 5.97 Å². The number of carboxylic acids is 1. The van der Waals surface area contributed by atoms with Gasteiger partial charge in [0.2, 0.25) is 0 Å². The van der Waals surface area contributed by atoms with E-state index < -0.39 is 16.0 Å². The number of carboxylic acid groups (broad SMARTS) is 1. The Bertz CT molecular complexity index is 809. The van der Waals surface area contributed by atoms with Crippen LogP contribution in [0.15, 0.2) is 41.4 Å². The maximum atomic E-state index is 12.2. The maximum Gasteiger partial charge on any atom is 0.337 e. The van der Waals surface area contributed by atoms with Crippen molar-refractivity contribution in [1.82, 2.24) is 4.98 Å². The summed E-state index contributed by atoms with van der Waals surface area (Å²) in [4.78, 5) is 14.5. The van der Waals surface area contributed by atoms with Gasteiger partial charge in [-0.3, -0.25) is 4.72 Å². The summed E-state index contributed by atoms with van der Waals surface area (Å²) in [7, 11) is -4.00. The highest BCUT2D eigenvalue weighted by atomic mass is 35.5. The molecule has 0 bridgehead atoms. The van der Waals surface area contributed by atoms with E-state index in [9.17, 15) is 13.2 Å². The molecule has 6 nitrogen and oxygen atoms in total. The van der Waals surface area contributed by atoms with E-state index in [0.717, 1.165) is 6.07 Å². The lowest BCUT2D eigenvalue weighted by molar-refractivity contribution is 0.0697. The highest BCUT2D eigenvalue weighted by Crippen LogP contribution is 2.22. The molecule has 1 aromatic heterocycles. The molecule has 0 saturated carbocycles. The van der Waals surface area contributed by atoms with Crippen molar-refractivity contribution in [2.75, 3.05) is 4.72 Å². The molecule has 0 radical (unpaired) electrons. The molecule has 0 aliphatic heterocycles. The van der Waals surface area contributed by atoms with E-state index in [2.05, 4.69) is 9.71 Å². The van der Waals surface area contributed by atoms with E-state index in [-0.39, 0.29) is 21.3 Å². The fourth-order valence-corrected chi connectivity index (χ4v) is 2.88. The molecule has 0 spiro atoms. The molecule has 0 amide bonds. The molecule has 0 saturated heterocycles. The van der Waals surface area contributed by atoms with E-state index in [1.54, 1.807) is 0 Å². The van der Waals surface area contributed by atoms with Crippen LogP contribution in [0, 0.1) is 0 Å². The third kappa shape index (κ3) is 3.63. The minimum atomic E-state index is -4.00. The second-order valence-corrected chi connectivity index (χ2v) is 6.44. The molecule has 0 aliphatic rings. The molecule has 9 heteroatoms. The topological polar surface area (TPSA) is 96.4 Å². The van der Waals surface area contributed by atoms with Crippen molar-refractivity contribution < 1.29 is 18.3 Å². The zero-order chi connectivity index (χ0) is 15.6. The molecule has 2 aromatic rings. The van der Waals surface area contributed by atoms with Crippen molar-refractivity contribution >= 4 is 45.0 Å². The van der Waals surface area contributed by atoms with Crippen molar-refractivity contribution in [2.24, 2.45) is 0 Å². The second kappa shape index (κ2) is 5.88. The second-order valence-electron chi connectivity index (χ2n) is 3.91. The molecule has 110 valence electrons. The fourth-order valence-electron chi connectivity index (χ4n) is 1.49. The number of anilines is 1. The molecule has 21 heavy (non-hydrogen) atoms. The Hall–Kier alpha value is -1.83. The Balaban J connectivity index is 2.40. The van der Waals surface area contributed by atoms with Crippen molar-refractivity contribution in [3.63, 3.8) is 0 Å². The molecule has 0 fully saturated rings. The van der Waals surface area contributed by atoms with E-state index >= 15 is 0 Å². The van der Waals surface area contributed by atoms with Gasteiger partial charge in [-0.05, 0) is 24.3 Å². The molecule has 0 aliphatic carbocycles. The molecule has 0 unspecified atom stereocenters. The van der Waals surface area contributed by atoms with Gasteiger partial charge in [0.25, 0.3) is 10.0 Å². The minimum Gasteiger partial charge on any atom is -0.478 e. The third-order valence-corrected chi connectivity index (χ3v) is 4.36. The van der Waals surface area contributed by atoms with Crippen LogP contribution in [-0.2, 0) is 10.0 Å². The number of aromatic nitrogens is 1. The standard InChI is InChI=1S/C12H8Cl2N2O4S/c13-7-3-4-15-11(5-7)16-21(19,20)8-1-2-10(14)9(6-8)12(17)18/h1-6H,(H,15,16)(H,17,18). The number of aromatic carboxylic acids is 1. The highest BCUT2D eigenvalue weighted by Gasteiger charge is 2.19.